The highest BCUT2D eigenvalue weighted by Gasteiger charge is 2.30. The summed E-state index contributed by atoms with van der Waals surface area (Å²) >= 11 is 0. The Balaban J connectivity index is 0.00000312. The smallest absolute Gasteiger partial charge is 0.240 e. The fourth-order valence-electron chi connectivity index (χ4n) is 2.88. The summed E-state index contributed by atoms with van der Waals surface area (Å²) < 4.78 is 0. The number of carbonyl (C=O) groups is 2. The highest BCUT2D eigenvalue weighted by Crippen LogP contribution is 2.10. The number of amides is 2. The molecule has 1 aromatic rings. The SMILES string of the molecule is C=CCCCN1CCNC(CC(=O)N(C)Cc2ccccc2)C1=O.Cl. The van der Waals surface area contributed by atoms with Gasteiger partial charge in [-0.15, -0.1) is 19.0 Å². The van der Waals surface area contributed by atoms with Crippen molar-refractivity contribution in [3.05, 3.63) is 48.6 Å². The van der Waals surface area contributed by atoms with Crippen molar-refractivity contribution >= 4 is 24.2 Å². The van der Waals surface area contributed by atoms with Gasteiger partial charge in [-0.05, 0) is 18.4 Å². The molecule has 1 saturated heterocycles. The summed E-state index contributed by atoms with van der Waals surface area (Å²) in [5.74, 6) is 0.0180. The van der Waals surface area contributed by atoms with Crippen molar-refractivity contribution < 1.29 is 9.59 Å². The van der Waals surface area contributed by atoms with Gasteiger partial charge in [-0.1, -0.05) is 36.4 Å². The Bertz CT molecular complexity index is 565. The first-order chi connectivity index (χ1) is 11.6. The van der Waals surface area contributed by atoms with Crippen LogP contribution < -0.4 is 5.32 Å². The van der Waals surface area contributed by atoms with E-state index in [2.05, 4.69) is 11.9 Å². The van der Waals surface area contributed by atoms with Crippen molar-refractivity contribution in [3.8, 4) is 0 Å². The number of rotatable bonds is 8. The van der Waals surface area contributed by atoms with Crippen LogP contribution in [0.25, 0.3) is 0 Å². The molecule has 1 N–H and O–H groups in total. The fourth-order valence-corrected chi connectivity index (χ4v) is 2.88. The van der Waals surface area contributed by atoms with E-state index < -0.39 is 6.04 Å². The molecule has 1 aliphatic rings. The fraction of sp³-hybridized carbons (Fsp3) is 0.474. The van der Waals surface area contributed by atoms with E-state index in [1.165, 1.54) is 0 Å². The van der Waals surface area contributed by atoms with Crippen LogP contribution in [0.4, 0.5) is 0 Å². The van der Waals surface area contributed by atoms with Crippen LogP contribution in [-0.2, 0) is 16.1 Å². The van der Waals surface area contributed by atoms with E-state index in [1.54, 1.807) is 11.9 Å². The van der Waals surface area contributed by atoms with Crippen molar-refractivity contribution in [2.24, 2.45) is 0 Å². The second kappa shape index (κ2) is 10.9. The summed E-state index contributed by atoms with van der Waals surface area (Å²) in [5, 5.41) is 3.18. The van der Waals surface area contributed by atoms with E-state index in [0.717, 1.165) is 31.5 Å². The molecule has 1 aromatic carbocycles. The van der Waals surface area contributed by atoms with Gasteiger partial charge in [0.1, 0.15) is 0 Å². The molecule has 1 unspecified atom stereocenters. The minimum absolute atomic E-state index is 0. The Morgan fingerprint density at radius 2 is 2.12 bits per heavy atom. The van der Waals surface area contributed by atoms with Crippen molar-refractivity contribution in [2.75, 3.05) is 26.7 Å². The Morgan fingerprint density at radius 3 is 2.80 bits per heavy atom. The van der Waals surface area contributed by atoms with Gasteiger partial charge in [0, 0.05) is 33.2 Å². The standard InChI is InChI=1S/C19H27N3O2.ClH/c1-3-4-8-12-22-13-11-20-17(19(22)24)14-18(23)21(2)15-16-9-6-5-7-10-16;/h3,5-7,9-10,17,20H,1,4,8,11-15H2,2H3;1H. The van der Waals surface area contributed by atoms with Gasteiger partial charge in [0.25, 0.3) is 0 Å². The third-order valence-corrected chi connectivity index (χ3v) is 4.29. The molecule has 1 aliphatic heterocycles. The van der Waals surface area contributed by atoms with E-state index in [1.807, 2.05) is 41.3 Å². The number of carbonyl (C=O) groups excluding carboxylic acids is 2. The molecule has 0 radical (unpaired) electrons. The maximum atomic E-state index is 12.5. The van der Waals surface area contributed by atoms with Crippen LogP contribution in [0.15, 0.2) is 43.0 Å². The van der Waals surface area contributed by atoms with Gasteiger partial charge in [-0.25, -0.2) is 0 Å². The van der Waals surface area contributed by atoms with Gasteiger partial charge in [0.05, 0.1) is 12.5 Å². The molecule has 6 heteroatoms. The number of halogens is 1. The molecule has 1 atom stereocenters. The largest absolute Gasteiger partial charge is 0.341 e. The van der Waals surface area contributed by atoms with E-state index >= 15 is 0 Å². The van der Waals surface area contributed by atoms with Gasteiger partial charge < -0.3 is 15.1 Å². The average Bonchev–Trinajstić information content (AvgIpc) is 2.59. The lowest BCUT2D eigenvalue weighted by Gasteiger charge is -2.33. The summed E-state index contributed by atoms with van der Waals surface area (Å²) in [6.45, 7) is 6.44. The molecule has 1 fully saturated rings. The first-order valence-electron chi connectivity index (χ1n) is 8.52. The Kier molecular flexibility index (Phi) is 9.24. The zero-order chi connectivity index (χ0) is 17.4. The molecular formula is C19H28ClN3O2. The molecule has 25 heavy (non-hydrogen) atoms. The van der Waals surface area contributed by atoms with Gasteiger partial charge in [-0.2, -0.15) is 0 Å². The van der Waals surface area contributed by atoms with E-state index in [9.17, 15) is 9.59 Å². The Morgan fingerprint density at radius 1 is 1.40 bits per heavy atom. The summed E-state index contributed by atoms with van der Waals surface area (Å²) in [4.78, 5) is 28.5. The number of piperazine rings is 1. The molecular weight excluding hydrogens is 338 g/mol. The molecule has 138 valence electrons. The number of unbranched alkanes of at least 4 members (excludes halogenated alkanes) is 1. The monoisotopic (exact) mass is 365 g/mol. The van der Waals surface area contributed by atoms with E-state index in [-0.39, 0.29) is 30.6 Å². The number of hydrogen-bond donors (Lipinski definition) is 1. The van der Waals surface area contributed by atoms with E-state index in [4.69, 9.17) is 0 Å². The molecule has 2 rings (SSSR count). The van der Waals surface area contributed by atoms with Crippen molar-refractivity contribution in [3.63, 3.8) is 0 Å². The molecule has 0 bridgehead atoms. The lowest BCUT2D eigenvalue weighted by atomic mass is 10.1. The molecule has 2 amide bonds. The summed E-state index contributed by atoms with van der Waals surface area (Å²) in [5.41, 5.74) is 1.09. The Hall–Kier alpha value is -1.85. The average molecular weight is 366 g/mol. The number of allylic oxidation sites excluding steroid dienone is 1. The first kappa shape index (κ1) is 21.2. The van der Waals surface area contributed by atoms with E-state index in [0.29, 0.717) is 13.1 Å². The molecule has 5 nitrogen and oxygen atoms in total. The van der Waals surface area contributed by atoms with Gasteiger partial charge in [0.15, 0.2) is 0 Å². The second-order valence-corrected chi connectivity index (χ2v) is 6.20. The molecule has 1 heterocycles. The van der Waals surface area contributed by atoms with Crippen LogP contribution >= 0.6 is 12.4 Å². The van der Waals surface area contributed by atoms with Crippen LogP contribution in [0.1, 0.15) is 24.8 Å². The van der Waals surface area contributed by atoms with Crippen molar-refractivity contribution in [2.45, 2.75) is 31.8 Å². The summed E-state index contributed by atoms with van der Waals surface area (Å²) in [6, 6.07) is 9.46. The lowest BCUT2D eigenvalue weighted by molar-refractivity contribution is -0.140. The third kappa shape index (κ3) is 6.52. The summed E-state index contributed by atoms with van der Waals surface area (Å²) in [6.07, 6.45) is 3.90. The highest BCUT2D eigenvalue weighted by molar-refractivity contribution is 5.88. The third-order valence-electron chi connectivity index (χ3n) is 4.29. The predicted octanol–water partition coefficient (Wildman–Crippen LogP) is 2.22. The first-order valence-corrected chi connectivity index (χ1v) is 8.52. The zero-order valence-corrected chi connectivity index (χ0v) is 15.6. The molecule has 0 saturated carbocycles. The summed E-state index contributed by atoms with van der Waals surface area (Å²) in [7, 11) is 1.78. The second-order valence-electron chi connectivity index (χ2n) is 6.20. The zero-order valence-electron chi connectivity index (χ0n) is 14.8. The molecule has 0 spiro atoms. The lowest BCUT2D eigenvalue weighted by Crippen LogP contribution is -2.56. The number of nitrogens with one attached hydrogen (secondary N) is 1. The quantitative estimate of drug-likeness (QED) is 0.567. The van der Waals surface area contributed by atoms with Gasteiger partial charge >= 0.3 is 0 Å². The number of nitrogens with zero attached hydrogens (tertiary/aromatic N) is 2. The predicted molar refractivity (Wildman–Crippen MR) is 103 cm³/mol. The minimum Gasteiger partial charge on any atom is -0.341 e. The number of benzene rings is 1. The van der Waals surface area contributed by atoms with Crippen molar-refractivity contribution in [1.82, 2.24) is 15.1 Å². The molecule has 0 aliphatic carbocycles. The van der Waals surface area contributed by atoms with Crippen LogP contribution in [-0.4, -0.2) is 54.3 Å². The Labute approximate surface area is 156 Å². The highest BCUT2D eigenvalue weighted by atomic mass is 35.5. The van der Waals surface area contributed by atoms with Crippen LogP contribution in [0, 0.1) is 0 Å². The van der Waals surface area contributed by atoms with Crippen LogP contribution in [0.2, 0.25) is 0 Å². The minimum atomic E-state index is -0.409. The van der Waals surface area contributed by atoms with Gasteiger partial charge in [0.2, 0.25) is 11.8 Å². The van der Waals surface area contributed by atoms with Crippen molar-refractivity contribution in [1.29, 1.82) is 0 Å². The maximum Gasteiger partial charge on any atom is 0.240 e. The normalized spacial score (nSPS) is 16.9. The molecule has 0 aromatic heterocycles. The maximum absolute atomic E-state index is 12.5. The van der Waals surface area contributed by atoms with Crippen LogP contribution in [0.3, 0.4) is 0 Å². The topological polar surface area (TPSA) is 52.7 Å². The van der Waals surface area contributed by atoms with Gasteiger partial charge in [-0.3, -0.25) is 9.59 Å². The van der Waals surface area contributed by atoms with Crippen LogP contribution in [0.5, 0.6) is 0 Å². The number of hydrogen-bond acceptors (Lipinski definition) is 3.